The maximum atomic E-state index is 12.6. The summed E-state index contributed by atoms with van der Waals surface area (Å²) in [6.45, 7) is 3.71. The molecule has 0 bridgehead atoms. The number of aliphatic hydroxyl groups excluding tert-OH is 1. The van der Waals surface area contributed by atoms with Gasteiger partial charge in [0.25, 0.3) is 0 Å². The van der Waals surface area contributed by atoms with Crippen LogP contribution in [0.25, 0.3) is 6.08 Å². The second-order valence-electron chi connectivity index (χ2n) is 8.71. The van der Waals surface area contributed by atoms with Crippen molar-refractivity contribution in [3.63, 3.8) is 0 Å². The van der Waals surface area contributed by atoms with Gasteiger partial charge in [0.05, 0.1) is 25.9 Å². The van der Waals surface area contributed by atoms with Crippen molar-refractivity contribution in [3.8, 4) is 23.7 Å². The van der Waals surface area contributed by atoms with Gasteiger partial charge < -0.3 is 18.5 Å². The molecule has 1 amide bonds. The first-order chi connectivity index (χ1) is 17.4. The van der Waals surface area contributed by atoms with Gasteiger partial charge >= 0.3 is 6.09 Å². The number of amides is 1. The van der Waals surface area contributed by atoms with E-state index in [1.807, 2.05) is 43.3 Å². The van der Waals surface area contributed by atoms with E-state index < -0.39 is 23.0 Å². The molecule has 2 atom stereocenters. The summed E-state index contributed by atoms with van der Waals surface area (Å²) in [6.07, 6.45) is 2.80. The number of hydrogen-bond donors (Lipinski definition) is 2. The molecule has 2 unspecified atom stereocenters. The zero-order chi connectivity index (χ0) is 25.0. The predicted octanol–water partition coefficient (Wildman–Crippen LogP) is 6.02. The molecule has 0 radical (unpaired) electrons. The van der Waals surface area contributed by atoms with E-state index in [9.17, 15) is 15.2 Å². The fraction of sp³-hybridized carbons (Fsp3) is 0.231. The quantitative estimate of drug-likeness (QED) is 0.322. The van der Waals surface area contributed by atoms with Crippen LogP contribution >= 0.6 is 22.1 Å². The van der Waals surface area contributed by atoms with Crippen molar-refractivity contribution in [2.45, 2.75) is 32.8 Å². The number of ether oxygens (including phenoxy) is 1. The van der Waals surface area contributed by atoms with Crippen LogP contribution in [0.3, 0.4) is 0 Å². The second-order valence-corrected chi connectivity index (χ2v) is 11.3. The summed E-state index contributed by atoms with van der Waals surface area (Å²) < 4.78 is 16.7. The van der Waals surface area contributed by atoms with Crippen molar-refractivity contribution in [3.05, 3.63) is 67.6 Å². The summed E-state index contributed by atoms with van der Waals surface area (Å²) >= 11 is 1.46. The number of hydrogen-bond acceptors (Lipinski definition) is 7. The molecule has 36 heavy (non-hydrogen) atoms. The van der Waals surface area contributed by atoms with Crippen LogP contribution in [-0.4, -0.2) is 21.4 Å². The molecule has 1 aromatic carbocycles. The van der Waals surface area contributed by atoms with Gasteiger partial charge in [-0.3, -0.25) is 5.32 Å². The molecule has 2 N–H and O–H groups in total. The highest BCUT2D eigenvalue weighted by Crippen LogP contribution is 2.69. The zero-order valence-electron chi connectivity index (χ0n) is 19.2. The minimum atomic E-state index is -0.748. The number of nitrogens with one attached hydrogen (secondary N) is 1. The van der Waals surface area contributed by atoms with Crippen molar-refractivity contribution >= 4 is 45.0 Å². The maximum Gasteiger partial charge on any atom is 0.412 e. The van der Waals surface area contributed by atoms with Crippen LogP contribution < -0.4 is 9.50 Å². The Morgan fingerprint density at radius 2 is 2.17 bits per heavy atom. The Bertz CT molecular complexity index is 1610. The first-order valence-corrected chi connectivity index (χ1v) is 13.2. The Hall–Kier alpha value is -3.83. The van der Waals surface area contributed by atoms with Gasteiger partial charge in [-0.1, -0.05) is 29.4 Å². The first kappa shape index (κ1) is 22.6. The monoisotopic (exact) mass is 517 g/mol. The van der Waals surface area contributed by atoms with Crippen molar-refractivity contribution in [1.29, 1.82) is 5.26 Å². The van der Waals surface area contributed by atoms with E-state index in [4.69, 9.17) is 13.4 Å². The number of aromatic nitrogens is 1. The van der Waals surface area contributed by atoms with Gasteiger partial charge in [0, 0.05) is 11.0 Å². The third kappa shape index (κ3) is 3.62. The van der Waals surface area contributed by atoms with E-state index in [-0.39, 0.29) is 22.6 Å². The van der Waals surface area contributed by atoms with Gasteiger partial charge in [-0.25, -0.2) is 4.79 Å². The fourth-order valence-electron chi connectivity index (χ4n) is 4.29. The minimum absolute atomic E-state index is 0.0440. The van der Waals surface area contributed by atoms with E-state index in [0.29, 0.717) is 15.7 Å². The van der Waals surface area contributed by atoms with Crippen molar-refractivity contribution in [1.82, 2.24) is 5.16 Å². The average molecular weight is 518 g/mol. The second kappa shape index (κ2) is 8.38. The summed E-state index contributed by atoms with van der Waals surface area (Å²) in [5, 5.41) is 26.4. The van der Waals surface area contributed by atoms with Gasteiger partial charge in [-0.15, -0.1) is 11.3 Å². The highest BCUT2D eigenvalue weighted by molar-refractivity contribution is 8.17. The summed E-state index contributed by atoms with van der Waals surface area (Å²) in [6, 6.07) is 11.3. The number of aliphatic hydroxyl groups is 1. The molecule has 0 saturated heterocycles. The van der Waals surface area contributed by atoms with Crippen LogP contribution in [0.5, 0.6) is 5.75 Å². The molecule has 2 aromatic heterocycles. The number of nitriles is 1. The SMILES string of the molecule is Cc1ccccc1C(C)OC(=O)Nc1c(C#N)noc1C#Cc1cc2c(s1)C=C1S(=C(O)C13CC3)O2. The number of rotatable bonds is 3. The highest BCUT2D eigenvalue weighted by Gasteiger charge is 2.60. The predicted molar refractivity (Wildman–Crippen MR) is 137 cm³/mol. The molecule has 3 aliphatic rings. The first-order valence-electron chi connectivity index (χ1n) is 11.2. The topological polar surface area (TPSA) is 118 Å². The summed E-state index contributed by atoms with van der Waals surface area (Å²) in [4.78, 5) is 15.4. The van der Waals surface area contributed by atoms with Gasteiger partial charge in [0.15, 0.2) is 5.75 Å². The Labute approximate surface area is 213 Å². The fourth-order valence-corrected chi connectivity index (χ4v) is 7.39. The van der Waals surface area contributed by atoms with Crippen LogP contribution in [0, 0.1) is 35.5 Å². The standard InChI is InChI=1S/C26H19N3O5S2/c1-14-5-3-4-6-17(14)15(2)32-25(31)28-23-18(13-27)29-33-19(23)8-7-16-11-20-21(35-16)12-22-26(9-10-26)24(30)36(22)34-20/h3-6,11-12,15,30H,9-10H2,1-2H3,(H,28,31). The van der Waals surface area contributed by atoms with Crippen LogP contribution in [0.15, 0.2) is 39.8 Å². The van der Waals surface area contributed by atoms with Crippen LogP contribution in [0.2, 0.25) is 0 Å². The Morgan fingerprint density at radius 3 is 2.92 bits per heavy atom. The lowest BCUT2D eigenvalue weighted by atomic mass is 10.1. The Kier molecular flexibility index (Phi) is 5.27. The maximum absolute atomic E-state index is 12.6. The molecule has 4 heterocycles. The summed E-state index contributed by atoms with van der Waals surface area (Å²) in [5.41, 5.74) is 1.69. The van der Waals surface area contributed by atoms with Gasteiger partial charge in [-0.2, -0.15) is 5.26 Å². The van der Waals surface area contributed by atoms with Crippen LogP contribution in [0.1, 0.15) is 58.2 Å². The van der Waals surface area contributed by atoms with Gasteiger partial charge in [-0.05, 0) is 55.7 Å². The summed E-state index contributed by atoms with van der Waals surface area (Å²) in [5.74, 6) is 6.57. The molecule has 6 rings (SSSR count). The van der Waals surface area contributed by atoms with E-state index >= 15 is 0 Å². The van der Waals surface area contributed by atoms with E-state index in [2.05, 4.69) is 28.4 Å². The molecular formula is C26H19N3O5S2. The van der Waals surface area contributed by atoms with E-state index in [1.165, 1.54) is 11.3 Å². The molecule has 8 nitrogen and oxygen atoms in total. The third-order valence-corrected chi connectivity index (χ3v) is 9.38. The molecular weight excluding hydrogens is 498 g/mol. The van der Waals surface area contributed by atoms with Crippen molar-refractivity contribution < 1.29 is 23.3 Å². The molecule has 3 aromatic rings. The van der Waals surface area contributed by atoms with Gasteiger partial charge in [0.1, 0.15) is 22.9 Å². The Morgan fingerprint density at radius 1 is 1.36 bits per heavy atom. The lowest BCUT2D eigenvalue weighted by Gasteiger charge is -2.35. The minimum Gasteiger partial charge on any atom is -0.441 e. The molecule has 1 fully saturated rings. The third-order valence-electron chi connectivity index (χ3n) is 6.40. The van der Waals surface area contributed by atoms with Crippen LogP contribution in [-0.2, 0) is 4.74 Å². The smallest absolute Gasteiger partial charge is 0.412 e. The van der Waals surface area contributed by atoms with Crippen molar-refractivity contribution in [2.24, 2.45) is 5.41 Å². The lowest BCUT2D eigenvalue weighted by molar-refractivity contribution is 0.121. The molecule has 1 spiro atoms. The van der Waals surface area contributed by atoms with Crippen molar-refractivity contribution in [2.75, 3.05) is 5.32 Å². The number of benzene rings is 1. The summed E-state index contributed by atoms with van der Waals surface area (Å²) in [7, 11) is -0.657. The molecule has 180 valence electrons. The average Bonchev–Trinajstić information content (AvgIpc) is 3.49. The van der Waals surface area contributed by atoms with Gasteiger partial charge in [0.2, 0.25) is 11.5 Å². The number of fused-ring (bicyclic) bond motifs is 3. The molecule has 10 heteroatoms. The molecule has 2 aliphatic heterocycles. The lowest BCUT2D eigenvalue weighted by Crippen LogP contribution is -2.30. The molecule has 1 aliphatic carbocycles. The number of anilines is 1. The number of nitrogens with zero attached hydrogens (tertiary/aromatic N) is 2. The number of carbonyl (C=O) groups excluding carboxylic acids is 1. The largest absolute Gasteiger partial charge is 0.441 e. The van der Waals surface area contributed by atoms with E-state index in [0.717, 1.165) is 33.8 Å². The van der Waals surface area contributed by atoms with E-state index in [1.54, 1.807) is 6.92 Å². The molecule has 1 saturated carbocycles. The normalized spacial score (nSPS) is 18.8. The number of aryl methyl sites for hydroxylation is 1. The highest BCUT2D eigenvalue weighted by atomic mass is 32.2. The number of carbonyl (C=O) groups is 1. The number of thiophene rings is 1. The zero-order valence-corrected chi connectivity index (χ0v) is 20.9. The Balaban J connectivity index is 1.21. The van der Waals surface area contributed by atoms with Crippen LogP contribution in [0.4, 0.5) is 10.5 Å².